The molecule has 2 aliphatic heterocycles. The van der Waals surface area contributed by atoms with Gasteiger partial charge in [0.2, 0.25) is 5.91 Å². The molecule has 1 saturated heterocycles. The first kappa shape index (κ1) is 18.6. The Morgan fingerprint density at radius 2 is 1.50 bits per heavy atom. The number of carbonyl (C=O) groups excluding carboxylic acids is 2. The lowest BCUT2D eigenvalue weighted by atomic mass is 9.93. The highest BCUT2D eigenvalue weighted by Gasteiger charge is 2.57. The maximum absolute atomic E-state index is 13.6. The first-order valence-electron chi connectivity index (χ1n) is 9.69. The molecule has 0 spiro atoms. The highest BCUT2D eigenvalue weighted by atomic mass is 35.5. The molecule has 5 rings (SSSR count). The van der Waals surface area contributed by atoms with E-state index in [2.05, 4.69) is 0 Å². The second-order valence-electron chi connectivity index (χ2n) is 7.35. The molecule has 1 fully saturated rings. The highest BCUT2D eigenvalue weighted by molar-refractivity contribution is 6.35. The van der Waals surface area contributed by atoms with Gasteiger partial charge in [-0.3, -0.25) is 14.6 Å². The number of para-hydroxylation sites is 1. The number of anilines is 2. The Morgan fingerprint density at radius 1 is 0.833 bits per heavy atom. The van der Waals surface area contributed by atoms with Crippen molar-refractivity contribution in [1.82, 2.24) is 0 Å². The summed E-state index contributed by atoms with van der Waals surface area (Å²) < 4.78 is 0. The number of benzene rings is 3. The number of hydrazone groups is 1. The molecule has 2 atom stereocenters. The SMILES string of the molecule is Cc1c(Cl)cccc1N1C(=O)[C@@H]2C(c3ccccc3)=NN(c3ccccc3)[C@@H]2C1=O. The Labute approximate surface area is 179 Å². The van der Waals surface area contributed by atoms with Crippen molar-refractivity contribution in [2.75, 3.05) is 9.91 Å². The van der Waals surface area contributed by atoms with E-state index >= 15 is 0 Å². The van der Waals surface area contributed by atoms with E-state index in [1.807, 2.05) is 67.6 Å². The summed E-state index contributed by atoms with van der Waals surface area (Å²) in [7, 11) is 0. The van der Waals surface area contributed by atoms with Crippen molar-refractivity contribution in [3.8, 4) is 0 Å². The number of amides is 2. The van der Waals surface area contributed by atoms with Crippen LogP contribution in [-0.2, 0) is 9.59 Å². The third-order valence-electron chi connectivity index (χ3n) is 5.62. The van der Waals surface area contributed by atoms with E-state index < -0.39 is 12.0 Å². The van der Waals surface area contributed by atoms with Crippen LogP contribution in [0.3, 0.4) is 0 Å². The zero-order valence-corrected chi connectivity index (χ0v) is 17.0. The molecule has 6 heteroatoms. The number of imide groups is 1. The van der Waals surface area contributed by atoms with Gasteiger partial charge in [-0.1, -0.05) is 66.2 Å². The minimum absolute atomic E-state index is 0.281. The fraction of sp³-hybridized carbons (Fsp3) is 0.125. The summed E-state index contributed by atoms with van der Waals surface area (Å²) >= 11 is 6.27. The third kappa shape index (κ3) is 2.74. The maximum atomic E-state index is 13.6. The summed E-state index contributed by atoms with van der Waals surface area (Å²) in [5.74, 6) is -1.26. The summed E-state index contributed by atoms with van der Waals surface area (Å²) in [4.78, 5) is 28.4. The van der Waals surface area contributed by atoms with Crippen molar-refractivity contribution < 1.29 is 9.59 Å². The number of hydrogen-bond acceptors (Lipinski definition) is 4. The largest absolute Gasteiger partial charge is 0.273 e. The van der Waals surface area contributed by atoms with Gasteiger partial charge in [-0.25, -0.2) is 4.90 Å². The van der Waals surface area contributed by atoms with E-state index in [1.165, 1.54) is 4.90 Å². The molecule has 0 aromatic heterocycles. The quantitative estimate of drug-likeness (QED) is 0.594. The Morgan fingerprint density at radius 3 is 2.20 bits per heavy atom. The zero-order chi connectivity index (χ0) is 20.8. The maximum Gasteiger partial charge on any atom is 0.259 e. The molecule has 3 aromatic carbocycles. The third-order valence-corrected chi connectivity index (χ3v) is 6.03. The van der Waals surface area contributed by atoms with Gasteiger partial charge >= 0.3 is 0 Å². The van der Waals surface area contributed by atoms with E-state index in [0.29, 0.717) is 22.0 Å². The fourth-order valence-electron chi connectivity index (χ4n) is 4.13. The van der Waals surface area contributed by atoms with E-state index in [0.717, 1.165) is 11.3 Å². The Hall–Kier alpha value is -3.44. The van der Waals surface area contributed by atoms with E-state index in [4.69, 9.17) is 16.7 Å². The monoisotopic (exact) mass is 415 g/mol. The average molecular weight is 416 g/mol. The lowest BCUT2D eigenvalue weighted by Gasteiger charge is -2.23. The van der Waals surface area contributed by atoms with Gasteiger partial charge in [0, 0.05) is 5.02 Å². The smallest absolute Gasteiger partial charge is 0.259 e. The number of carbonyl (C=O) groups is 2. The van der Waals surface area contributed by atoms with Crippen LogP contribution in [0.15, 0.2) is 84.0 Å². The normalized spacial score (nSPS) is 20.5. The van der Waals surface area contributed by atoms with Crippen molar-refractivity contribution >= 4 is 40.5 Å². The molecule has 0 radical (unpaired) electrons. The summed E-state index contributed by atoms with van der Waals surface area (Å²) in [5.41, 5.74) is 3.42. The summed E-state index contributed by atoms with van der Waals surface area (Å²) in [6, 6.07) is 23.5. The van der Waals surface area contributed by atoms with E-state index in [9.17, 15) is 9.59 Å². The molecule has 3 aromatic rings. The first-order chi connectivity index (χ1) is 14.6. The molecule has 2 amide bonds. The molecular formula is C24H18ClN3O2. The minimum atomic E-state index is -0.728. The predicted octanol–water partition coefficient (Wildman–Crippen LogP) is 4.43. The second-order valence-corrected chi connectivity index (χ2v) is 7.76. The highest BCUT2D eigenvalue weighted by Crippen LogP contribution is 2.40. The Kier molecular flexibility index (Phi) is 4.40. The summed E-state index contributed by atoms with van der Waals surface area (Å²) in [5, 5.41) is 6.93. The molecule has 0 saturated carbocycles. The molecule has 0 bridgehead atoms. The van der Waals surface area contributed by atoms with Crippen LogP contribution in [0.1, 0.15) is 11.1 Å². The molecule has 0 N–H and O–H groups in total. The van der Waals surface area contributed by atoms with Crippen molar-refractivity contribution in [3.05, 3.63) is 95.0 Å². The lowest BCUT2D eigenvalue weighted by Crippen LogP contribution is -2.39. The van der Waals surface area contributed by atoms with E-state index in [1.54, 1.807) is 23.2 Å². The molecular weight excluding hydrogens is 398 g/mol. The van der Waals surface area contributed by atoms with Gasteiger partial charge in [0.15, 0.2) is 0 Å². The summed E-state index contributed by atoms with van der Waals surface area (Å²) in [6.45, 7) is 1.81. The number of rotatable bonds is 3. The van der Waals surface area contributed by atoms with Crippen LogP contribution in [0, 0.1) is 12.8 Å². The van der Waals surface area contributed by atoms with Gasteiger partial charge in [0.25, 0.3) is 5.91 Å². The summed E-state index contributed by atoms with van der Waals surface area (Å²) in [6.07, 6.45) is 0. The molecule has 148 valence electrons. The van der Waals surface area contributed by atoms with Crippen LogP contribution in [0.2, 0.25) is 5.02 Å². The van der Waals surface area contributed by atoms with E-state index in [-0.39, 0.29) is 11.8 Å². The van der Waals surface area contributed by atoms with Gasteiger partial charge in [-0.2, -0.15) is 5.10 Å². The molecule has 30 heavy (non-hydrogen) atoms. The van der Waals surface area contributed by atoms with Crippen LogP contribution in [0.4, 0.5) is 11.4 Å². The standard InChI is InChI=1S/C24H18ClN3O2/c1-15-18(25)13-8-14-19(15)27-23(29)20-21(16-9-4-2-5-10-16)26-28(22(20)24(27)30)17-11-6-3-7-12-17/h2-14,20,22H,1H3/t20-,22+/m1/s1. The van der Waals surface area contributed by atoms with Gasteiger partial charge < -0.3 is 0 Å². The van der Waals surface area contributed by atoms with Gasteiger partial charge in [-0.15, -0.1) is 0 Å². The molecule has 0 aliphatic carbocycles. The van der Waals surface area contributed by atoms with Crippen molar-refractivity contribution in [2.45, 2.75) is 13.0 Å². The van der Waals surface area contributed by atoms with Gasteiger partial charge in [-0.05, 0) is 42.3 Å². The molecule has 2 aliphatic rings. The Balaban J connectivity index is 1.66. The number of nitrogens with zero attached hydrogens (tertiary/aromatic N) is 3. The predicted molar refractivity (Wildman–Crippen MR) is 118 cm³/mol. The lowest BCUT2D eigenvalue weighted by molar-refractivity contribution is -0.121. The number of halogens is 1. The Bertz CT molecular complexity index is 1180. The van der Waals surface area contributed by atoms with Crippen LogP contribution in [0.25, 0.3) is 0 Å². The minimum Gasteiger partial charge on any atom is -0.273 e. The zero-order valence-electron chi connectivity index (χ0n) is 16.2. The molecule has 5 nitrogen and oxygen atoms in total. The number of fused-ring (bicyclic) bond motifs is 1. The van der Waals surface area contributed by atoms with Crippen LogP contribution < -0.4 is 9.91 Å². The van der Waals surface area contributed by atoms with Crippen molar-refractivity contribution in [3.63, 3.8) is 0 Å². The van der Waals surface area contributed by atoms with Crippen LogP contribution in [0.5, 0.6) is 0 Å². The van der Waals surface area contributed by atoms with Crippen molar-refractivity contribution in [2.24, 2.45) is 11.0 Å². The first-order valence-corrected chi connectivity index (χ1v) is 10.1. The van der Waals surface area contributed by atoms with Crippen LogP contribution in [-0.4, -0.2) is 23.6 Å². The van der Waals surface area contributed by atoms with Gasteiger partial charge in [0.05, 0.1) is 17.1 Å². The number of hydrogen-bond donors (Lipinski definition) is 0. The fourth-order valence-corrected chi connectivity index (χ4v) is 4.30. The van der Waals surface area contributed by atoms with Crippen LogP contribution >= 0.6 is 11.6 Å². The molecule has 0 unspecified atom stereocenters. The second kappa shape index (κ2) is 7.11. The topological polar surface area (TPSA) is 53.0 Å². The van der Waals surface area contributed by atoms with Crippen molar-refractivity contribution in [1.29, 1.82) is 0 Å². The van der Waals surface area contributed by atoms with Gasteiger partial charge in [0.1, 0.15) is 12.0 Å². The molecule has 2 heterocycles. The average Bonchev–Trinajstić information content (AvgIpc) is 3.29.